The SMILES string of the molecule is CC(C)(O)C#Cc1cc2c(-c3cnn(COCC[Si](C)(C)C)c3)cn(C3CCC(CO)CC3)c2cn1. The molecule has 1 fully saturated rings. The number of fused-ring (bicyclic) bond motifs is 1. The summed E-state index contributed by atoms with van der Waals surface area (Å²) in [5.74, 6) is 6.30. The lowest BCUT2D eigenvalue weighted by molar-refractivity contribution is 0.0786. The molecule has 3 heterocycles. The molecular formula is C28H40N4O3Si. The van der Waals surface area contributed by atoms with Crippen molar-refractivity contribution in [3.8, 4) is 23.0 Å². The maximum atomic E-state index is 10.0. The number of pyridine rings is 1. The zero-order valence-corrected chi connectivity index (χ0v) is 23.3. The lowest BCUT2D eigenvalue weighted by Gasteiger charge is -2.29. The summed E-state index contributed by atoms with van der Waals surface area (Å²) < 4.78 is 10.1. The fourth-order valence-electron chi connectivity index (χ4n) is 4.68. The molecule has 36 heavy (non-hydrogen) atoms. The normalized spacial score (nSPS) is 18.9. The maximum Gasteiger partial charge on any atom is 0.139 e. The first-order valence-corrected chi connectivity index (χ1v) is 16.7. The lowest BCUT2D eigenvalue weighted by atomic mass is 9.86. The average molecular weight is 509 g/mol. The minimum atomic E-state index is -1.12. The highest BCUT2D eigenvalue weighted by Gasteiger charge is 2.24. The molecule has 1 aliphatic rings. The molecule has 0 spiro atoms. The molecule has 0 atom stereocenters. The molecule has 3 aromatic rings. The van der Waals surface area contributed by atoms with E-state index in [0.29, 0.717) is 24.4 Å². The van der Waals surface area contributed by atoms with Crippen molar-refractivity contribution < 1.29 is 14.9 Å². The van der Waals surface area contributed by atoms with Gasteiger partial charge in [-0.25, -0.2) is 9.67 Å². The molecule has 1 aliphatic carbocycles. The van der Waals surface area contributed by atoms with Crippen LogP contribution in [0.1, 0.15) is 51.3 Å². The minimum absolute atomic E-state index is 0.272. The molecule has 0 radical (unpaired) electrons. The molecule has 0 aromatic carbocycles. The summed E-state index contributed by atoms with van der Waals surface area (Å²) >= 11 is 0. The molecule has 0 unspecified atom stereocenters. The van der Waals surface area contributed by atoms with Crippen molar-refractivity contribution in [1.29, 1.82) is 0 Å². The van der Waals surface area contributed by atoms with E-state index in [0.717, 1.165) is 60.4 Å². The summed E-state index contributed by atoms with van der Waals surface area (Å²) in [6.45, 7) is 11.9. The van der Waals surface area contributed by atoms with Crippen molar-refractivity contribution in [2.75, 3.05) is 13.2 Å². The van der Waals surface area contributed by atoms with E-state index in [2.05, 4.69) is 52.3 Å². The van der Waals surface area contributed by atoms with Crippen LogP contribution in [0.5, 0.6) is 0 Å². The number of aliphatic hydroxyl groups is 2. The van der Waals surface area contributed by atoms with Crippen LogP contribution in [0, 0.1) is 17.8 Å². The molecule has 0 amide bonds. The third-order valence-corrected chi connectivity index (χ3v) is 8.55. The van der Waals surface area contributed by atoms with Crippen molar-refractivity contribution in [3.05, 3.63) is 36.5 Å². The Kier molecular flexibility index (Phi) is 8.05. The predicted octanol–water partition coefficient (Wildman–Crippen LogP) is 5.06. The van der Waals surface area contributed by atoms with Crippen molar-refractivity contribution in [3.63, 3.8) is 0 Å². The Balaban J connectivity index is 1.64. The van der Waals surface area contributed by atoms with Gasteiger partial charge in [-0.05, 0) is 63.5 Å². The maximum absolute atomic E-state index is 10.0. The van der Waals surface area contributed by atoms with Crippen molar-refractivity contribution in [2.24, 2.45) is 5.92 Å². The molecule has 0 bridgehead atoms. The molecule has 4 rings (SSSR count). The van der Waals surface area contributed by atoms with Gasteiger partial charge in [-0.1, -0.05) is 25.6 Å². The van der Waals surface area contributed by atoms with Crippen LogP contribution >= 0.6 is 0 Å². The third-order valence-electron chi connectivity index (χ3n) is 6.85. The molecule has 0 saturated heterocycles. The van der Waals surface area contributed by atoms with Crippen LogP contribution in [0.25, 0.3) is 22.0 Å². The van der Waals surface area contributed by atoms with E-state index >= 15 is 0 Å². The Morgan fingerprint density at radius 1 is 1.14 bits per heavy atom. The van der Waals surface area contributed by atoms with Crippen molar-refractivity contribution in [1.82, 2.24) is 19.3 Å². The third kappa shape index (κ3) is 6.86. The Morgan fingerprint density at radius 3 is 2.56 bits per heavy atom. The van der Waals surface area contributed by atoms with E-state index in [1.54, 1.807) is 13.8 Å². The topological polar surface area (TPSA) is 85.3 Å². The van der Waals surface area contributed by atoms with Crippen molar-refractivity contribution >= 4 is 19.0 Å². The van der Waals surface area contributed by atoms with Gasteiger partial charge in [0.25, 0.3) is 0 Å². The molecule has 194 valence electrons. The van der Waals surface area contributed by atoms with Crippen LogP contribution in [0.3, 0.4) is 0 Å². The predicted molar refractivity (Wildman–Crippen MR) is 146 cm³/mol. The number of ether oxygens (including phenoxy) is 1. The van der Waals surface area contributed by atoms with E-state index < -0.39 is 13.7 Å². The smallest absolute Gasteiger partial charge is 0.139 e. The van der Waals surface area contributed by atoms with Crippen LogP contribution in [0.4, 0.5) is 0 Å². The Labute approximate surface area is 215 Å². The second-order valence-electron chi connectivity index (χ2n) is 11.8. The van der Waals surface area contributed by atoms with Gasteiger partial charge < -0.3 is 19.5 Å². The number of rotatable bonds is 8. The van der Waals surface area contributed by atoms with E-state index in [9.17, 15) is 10.2 Å². The van der Waals surface area contributed by atoms with Crippen LogP contribution < -0.4 is 0 Å². The molecule has 1 saturated carbocycles. The van der Waals surface area contributed by atoms with E-state index in [1.807, 2.05) is 29.3 Å². The zero-order valence-electron chi connectivity index (χ0n) is 22.3. The monoisotopic (exact) mass is 508 g/mol. The van der Waals surface area contributed by atoms with Crippen LogP contribution in [-0.4, -0.2) is 56.4 Å². The molecule has 8 heteroatoms. The second-order valence-corrected chi connectivity index (χ2v) is 17.4. The van der Waals surface area contributed by atoms with Gasteiger partial charge in [0.2, 0.25) is 0 Å². The Morgan fingerprint density at radius 2 is 1.89 bits per heavy atom. The highest BCUT2D eigenvalue weighted by molar-refractivity contribution is 6.76. The fourth-order valence-corrected chi connectivity index (χ4v) is 5.44. The summed E-state index contributed by atoms with van der Waals surface area (Å²) in [4.78, 5) is 4.60. The van der Waals surface area contributed by atoms with E-state index in [-0.39, 0.29) is 6.61 Å². The van der Waals surface area contributed by atoms with Gasteiger partial charge in [0.05, 0.1) is 17.9 Å². The standard InChI is InChI=1S/C28H40N4O3Si/c1-28(2,34)11-10-23-14-25-26(22-15-30-31(17-22)20-35-12-13-36(3,4)5)18-32(27(25)16-29-23)24-8-6-21(19-33)7-9-24/h14-18,21,24,33-34H,6-9,12-13,19-20H2,1-5H3. The van der Waals surface area contributed by atoms with Gasteiger partial charge in [-0.2, -0.15) is 5.10 Å². The number of aromatic nitrogens is 4. The molecular weight excluding hydrogens is 468 g/mol. The zero-order chi connectivity index (χ0) is 25.9. The van der Waals surface area contributed by atoms with Gasteiger partial charge in [0.15, 0.2) is 0 Å². The Bertz CT molecular complexity index is 1230. The van der Waals surface area contributed by atoms with E-state index in [4.69, 9.17) is 4.74 Å². The van der Waals surface area contributed by atoms with Gasteiger partial charge in [0, 0.05) is 56.2 Å². The summed E-state index contributed by atoms with van der Waals surface area (Å²) in [6.07, 6.45) is 12.2. The summed E-state index contributed by atoms with van der Waals surface area (Å²) in [5.41, 5.74) is 2.76. The minimum Gasteiger partial charge on any atom is -0.396 e. The number of hydrogen-bond donors (Lipinski definition) is 2. The first kappa shape index (κ1) is 26.6. The molecule has 3 aromatic heterocycles. The van der Waals surface area contributed by atoms with Crippen LogP contribution in [0.2, 0.25) is 25.7 Å². The van der Waals surface area contributed by atoms with Crippen molar-refractivity contribution in [2.45, 2.75) is 83.6 Å². The fraction of sp³-hybridized carbons (Fsp3) is 0.571. The number of aliphatic hydroxyl groups excluding tert-OH is 1. The molecule has 7 nitrogen and oxygen atoms in total. The first-order chi connectivity index (χ1) is 17.0. The van der Waals surface area contributed by atoms with E-state index in [1.165, 1.54) is 0 Å². The molecule has 2 N–H and O–H groups in total. The number of nitrogens with zero attached hydrogens (tertiary/aromatic N) is 4. The van der Waals surface area contributed by atoms with Gasteiger partial charge in [0.1, 0.15) is 18.0 Å². The largest absolute Gasteiger partial charge is 0.396 e. The van der Waals surface area contributed by atoms with Gasteiger partial charge in [-0.3, -0.25) is 0 Å². The second kappa shape index (κ2) is 10.9. The first-order valence-electron chi connectivity index (χ1n) is 13.0. The van der Waals surface area contributed by atoms with Crippen LogP contribution in [-0.2, 0) is 11.5 Å². The highest BCUT2D eigenvalue weighted by Crippen LogP contribution is 2.38. The quantitative estimate of drug-likeness (QED) is 0.252. The Hall–Kier alpha value is -2.44. The van der Waals surface area contributed by atoms with Crippen LogP contribution in [0.15, 0.2) is 30.9 Å². The summed E-state index contributed by atoms with van der Waals surface area (Å²) in [5, 5.41) is 25.2. The summed E-state index contributed by atoms with van der Waals surface area (Å²) in [6, 6.07) is 3.52. The average Bonchev–Trinajstić information content (AvgIpc) is 3.44. The number of hydrogen-bond acceptors (Lipinski definition) is 5. The highest BCUT2D eigenvalue weighted by atomic mass is 28.3. The molecule has 0 aliphatic heterocycles. The van der Waals surface area contributed by atoms with Gasteiger partial charge >= 0.3 is 0 Å². The lowest BCUT2D eigenvalue weighted by Crippen LogP contribution is -2.22. The summed E-state index contributed by atoms with van der Waals surface area (Å²) in [7, 11) is -1.12. The van der Waals surface area contributed by atoms with Gasteiger partial charge in [-0.15, -0.1) is 0 Å².